The summed E-state index contributed by atoms with van der Waals surface area (Å²) in [6.45, 7) is 3.73. The van der Waals surface area contributed by atoms with Gasteiger partial charge < -0.3 is 34.2 Å². The van der Waals surface area contributed by atoms with Crippen LogP contribution in [0.3, 0.4) is 0 Å². The molecule has 0 aromatic carbocycles. The van der Waals surface area contributed by atoms with Crippen LogP contribution in [-0.2, 0) is 49.6 Å². The molecule has 1 heterocycles. The van der Waals surface area contributed by atoms with E-state index in [0.29, 0.717) is 56.7 Å². The summed E-state index contributed by atoms with van der Waals surface area (Å²) in [7, 11) is -0.689. The van der Waals surface area contributed by atoms with Crippen LogP contribution in [0.5, 0.6) is 0 Å². The average molecular weight is 686 g/mol. The highest BCUT2D eigenvalue weighted by molar-refractivity contribution is 8.46. The first-order chi connectivity index (χ1) is 20.6. The Morgan fingerprint density at radius 3 is 2.14 bits per heavy atom. The first-order valence-electron chi connectivity index (χ1n) is 15.2. The minimum atomic E-state index is -0.705. The number of unbranched alkanes of at least 4 members (excludes halogenated alkanes) is 3. The van der Waals surface area contributed by atoms with E-state index in [1.165, 1.54) is 4.90 Å². The van der Waals surface area contributed by atoms with Crippen LogP contribution in [0.15, 0.2) is 0 Å². The zero-order valence-corrected chi connectivity index (χ0v) is 28.8. The predicted molar refractivity (Wildman–Crippen MR) is 183 cm³/mol. The van der Waals surface area contributed by atoms with Gasteiger partial charge in [-0.2, -0.15) is 25.3 Å². The number of thiol groups is 2. The van der Waals surface area contributed by atoms with Crippen LogP contribution in [0.4, 0.5) is 0 Å². The molecule has 42 heavy (non-hydrogen) atoms. The number of nitrogens with one attached hydrogen (secondary N) is 6. The van der Waals surface area contributed by atoms with Crippen molar-refractivity contribution in [3.63, 3.8) is 0 Å². The molecule has 4 atom stereocenters. The Bertz CT molecular complexity index is 926. The van der Waals surface area contributed by atoms with Crippen LogP contribution < -0.4 is 31.9 Å². The Morgan fingerprint density at radius 1 is 0.905 bits per heavy atom. The highest BCUT2D eigenvalue weighted by Gasteiger charge is 2.23. The van der Waals surface area contributed by atoms with Crippen LogP contribution >= 0.6 is 25.3 Å². The van der Waals surface area contributed by atoms with Crippen molar-refractivity contribution in [2.24, 2.45) is 0 Å². The zero-order chi connectivity index (χ0) is 32.0. The van der Waals surface area contributed by atoms with Crippen molar-refractivity contribution in [2.45, 2.75) is 95.3 Å². The summed E-state index contributed by atoms with van der Waals surface area (Å²) in [6, 6.07) is -1.26. The third kappa shape index (κ3) is 17.5. The molecule has 1 saturated heterocycles. The Morgan fingerprint density at radius 2 is 1.50 bits per heavy atom. The van der Waals surface area contributed by atoms with Crippen molar-refractivity contribution >= 4 is 79.8 Å². The minimum absolute atomic E-state index is 0.0707. The van der Waals surface area contributed by atoms with Crippen molar-refractivity contribution in [3.05, 3.63) is 0 Å². The van der Waals surface area contributed by atoms with Crippen LogP contribution in [0.1, 0.15) is 72.5 Å². The molecule has 1 aliphatic heterocycles. The van der Waals surface area contributed by atoms with Crippen LogP contribution in [0, 0.1) is 0 Å². The topological polar surface area (TPSA) is 144 Å². The normalized spacial score (nSPS) is 17.7. The number of nitrogens with zero attached hydrogens (tertiary/aromatic N) is 1. The molecular weight excluding hydrogens is 635 g/mol. The molecule has 4 amide bonds. The highest BCUT2D eigenvalue weighted by Crippen LogP contribution is 2.14. The fourth-order valence-corrected chi connectivity index (χ4v) is 5.90. The molecule has 1 aliphatic rings. The fraction of sp³-hybridized carbons (Fsp3) is 0.846. The molecule has 16 heteroatoms. The monoisotopic (exact) mass is 685 g/mol. The largest absolute Gasteiger partial charge is 0.355 e. The number of hydrogen-bond donors (Lipinski definition) is 8. The molecule has 0 bridgehead atoms. The third-order valence-corrected chi connectivity index (χ3v) is 8.63. The maximum absolute atomic E-state index is 13.0. The lowest BCUT2D eigenvalue weighted by atomic mass is 10.0. The molecular formula is C26H50N7O4S5-. The number of likely N-dealkylation sites (tertiary alicyclic amines) is 1. The summed E-state index contributed by atoms with van der Waals surface area (Å²) in [4.78, 5) is 50.7. The number of hydrogen-bond acceptors (Lipinski definition) is 12. The lowest BCUT2D eigenvalue weighted by molar-refractivity contribution is -0.125. The molecule has 11 nitrogen and oxygen atoms in total. The van der Waals surface area contributed by atoms with Crippen molar-refractivity contribution in [1.29, 1.82) is 0 Å². The summed E-state index contributed by atoms with van der Waals surface area (Å²) in [5, 5.41) is 18.1. The van der Waals surface area contributed by atoms with Crippen LogP contribution in [0.2, 0.25) is 0 Å². The van der Waals surface area contributed by atoms with Gasteiger partial charge in [0.1, 0.15) is 1.37 Å². The minimum Gasteiger partial charge on any atom is -0.355 e. The number of rotatable bonds is 23. The van der Waals surface area contributed by atoms with E-state index in [2.05, 4.69) is 57.2 Å². The molecule has 0 aliphatic carbocycles. The second-order valence-electron chi connectivity index (χ2n) is 10.3. The van der Waals surface area contributed by atoms with Crippen molar-refractivity contribution in [3.8, 4) is 0 Å². The molecule has 0 aromatic heterocycles. The molecule has 6 N–H and O–H groups in total. The van der Waals surface area contributed by atoms with Gasteiger partial charge in [0.25, 0.3) is 0 Å². The number of carbonyl (C=O) groups is 4. The quantitative estimate of drug-likeness (QED) is 0.0250. The summed E-state index contributed by atoms with van der Waals surface area (Å²) in [6.07, 6.45) is 7.05. The predicted octanol–water partition coefficient (Wildman–Crippen LogP) is 0.245. The van der Waals surface area contributed by atoms with E-state index in [4.69, 9.17) is 23.7 Å². The van der Waals surface area contributed by atoms with E-state index in [9.17, 15) is 19.2 Å². The Balaban J connectivity index is 2.38. The molecule has 0 spiro atoms. The van der Waals surface area contributed by atoms with Gasteiger partial charge in [0.2, 0.25) is 24.1 Å². The standard InChI is InChI=1S/C26H50N7O4S5/c1-20(30-16-38)24(35)27-13-7-4-11-22(31-17-39)25(36)28-12-6-2-3-10-23(32-18-42(40)41)26(37)29-15-21-9-5-8-14-33(21)19-34/h19-23,30-32,38-39H,2-18H2,1H3,(H,27,35)(H,28,36)(H,29,37)/q-1/t20-,21?,22-,23+/m1/s1/i19D. The van der Waals surface area contributed by atoms with Crippen molar-refractivity contribution in [2.75, 3.05) is 43.8 Å². The fourth-order valence-electron chi connectivity index (χ4n) is 4.66. The maximum Gasteiger partial charge on any atom is 0.237 e. The van der Waals surface area contributed by atoms with E-state index >= 15 is 0 Å². The second-order valence-corrected chi connectivity index (χ2v) is 14.9. The van der Waals surface area contributed by atoms with Crippen molar-refractivity contribution < 1.29 is 20.5 Å². The third-order valence-electron chi connectivity index (χ3n) is 7.15. The molecule has 1 unspecified atom stereocenters. The molecule has 1 rings (SSSR count). The molecule has 1 fully saturated rings. The lowest BCUT2D eigenvalue weighted by Gasteiger charge is -2.33. The first kappa shape index (κ1) is 37.4. The highest BCUT2D eigenvalue weighted by atomic mass is 33.1. The van der Waals surface area contributed by atoms with Gasteiger partial charge in [-0.15, -0.1) is 0 Å². The summed E-state index contributed by atoms with van der Waals surface area (Å²) >= 11 is 18.5. The smallest absolute Gasteiger partial charge is 0.237 e. The van der Waals surface area contributed by atoms with Gasteiger partial charge in [-0.25, -0.2) is 0 Å². The number of carbonyl (C=O) groups excluding carboxylic acids is 4. The average Bonchev–Trinajstić information content (AvgIpc) is 2.98. The van der Waals surface area contributed by atoms with E-state index in [1.807, 2.05) is 0 Å². The van der Waals surface area contributed by atoms with Gasteiger partial charge in [-0.1, -0.05) is 18.7 Å². The van der Waals surface area contributed by atoms with E-state index in [-0.39, 0.29) is 35.8 Å². The Hall–Kier alpha value is -0.750. The van der Waals surface area contributed by atoms with E-state index in [0.717, 1.165) is 51.4 Å². The van der Waals surface area contributed by atoms with E-state index in [1.54, 1.807) is 6.92 Å². The SMILES string of the molecule is [2H]C(=O)N1CCCCC1CNC(=O)[C@H](CCCCCNC(=O)[C@@H](CCCCNC(=O)[C@@H](C)NCS)NCS)NC[S-](=S)=S. The number of piperidine rings is 1. The van der Waals surface area contributed by atoms with Gasteiger partial charge in [-0.05, 0) is 58.3 Å². The summed E-state index contributed by atoms with van der Waals surface area (Å²) in [5.41, 5.74) is 0. The Kier molecular flexibility index (Phi) is 21.9. The van der Waals surface area contributed by atoms with Gasteiger partial charge in [0, 0.05) is 44.0 Å². The van der Waals surface area contributed by atoms with Crippen LogP contribution in [0.25, 0.3) is 0 Å². The molecule has 244 valence electrons. The lowest BCUT2D eigenvalue weighted by Crippen LogP contribution is -2.50. The Labute approximate surface area is 275 Å². The van der Waals surface area contributed by atoms with Gasteiger partial charge in [0.15, 0.2) is 0 Å². The summed E-state index contributed by atoms with van der Waals surface area (Å²) in [5.74, 6) is 0.897. The molecule has 0 aromatic rings. The molecule has 0 saturated carbocycles. The van der Waals surface area contributed by atoms with E-state index < -0.39 is 20.4 Å². The number of amides is 4. The van der Waals surface area contributed by atoms with Gasteiger partial charge >= 0.3 is 0 Å². The van der Waals surface area contributed by atoms with Gasteiger partial charge in [-0.3, -0.25) is 52.2 Å². The summed E-state index contributed by atoms with van der Waals surface area (Å²) < 4.78 is 7.47. The first-order valence-corrected chi connectivity index (χ1v) is 19.2. The zero-order valence-electron chi connectivity index (χ0n) is 25.5. The van der Waals surface area contributed by atoms with Crippen molar-refractivity contribution in [1.82, 2.24) is 36.8 Å². The van der Waals surface area contributed by atoms with Crippen LogP contribution in [-0.4, -0.2) is 97.0 Å². The second kappa shape index (κ2) is 24.6. The maximum atomic E-state index is 13.0. The van der Waals surface area contributed by atoms with Gasteiger partial charge in [0.05, 0.1) is 18.1 Å². The molecule has 0 radical (unpaired) electrons.